The van der Waals surface area contributed by atoms with Gasteiger partial charge in [-0.2, -0.15) is 28.1 Å². The smallest absolute Gasteiger partial charge is 0.422 e. The highest BCUT2D eigenvalue weighted by molar-refractivity contribution is 6.35. The van der Waals surface area contributed by atoms with E-state index < -0.39 is 66.7 Å². The summed E-state index contributed by atoms with van der Waals surface area (Å²) in [5.74, 6) is -4.57. The van der Waals surface area contributed by atoms with Crippen LogP contribution in [0, 0.1) is 0 Å². The van der Waals surface area contributed by atoms with Crippen LogP contribution >= 0.6 is 11.6 Å². The lowest BCUT2D eigenvalue weighted by molar-refractivity contribution is -0.154. The molecular formula is C32H34ClF3N8O7. The molecule has 0 bridgehead atoms. The minimum Gasteiger partial charge on any atom is -0.480 e. The summed E-state index contributed by atoms with van der Waals surface area (Å²) in [4.78, 5) is 61.4. The maximum Gasteiger partial charge on any atom is 0.422 e. The molecule has 15 nitrogen and oxygen atoms in total. The Hall–Kier alpha value is -5.23. The van der Waals surface area contributed by atoms with Crippen LogP contribution < -0.4 is 31.3 Å². The molecule has 7 N–H and O–H groups in total. The molecule has 0 saturated heterocycles. The molecule has 0 radical (unpaired) electrons. The molecule has 2 unspecified atom stereocenters. The largest absolute Gasteiger partial charge is 0.480 e. The number of ether oxygens (including phenoxy) is 1. The van der Waals surface area contributed by atoms with Crippen LogP contribution in [-0.4, -0.2) is 86.4 Å². The van der Waals surface area contributed by atoms with E-state index in [2.05, 4.69) is 41.5 Å². The number of rotatable bonds is 13. The average Bonchev–Trinajstić information content (AvgIpc) is 3.85. The van der Waals surface area contributed by atoms with Gasteiger partial charge in [-0.3, -0.25) is 14.4 Å². The Morgan fingerprint density at radius 3 is 2.27 bits per heavy atom. The number of carboxylic acid groups (broad SMARTS) is 1. The summed E-state index contributed by atoms with van der Waals surface area (Å²) in [5.41, 5.74) is 0.644. The van der Waals surface area contributed by atoms with Crippen LogP contribution in [0.1, 0.15) is 54.4 Å². The zero-order valence-corrected chi connectivity index (χ0v) is 27.6. The molecule has 3 amide bonds. The van der Waals surface area contributed by atoms with Gasteiger partial charge in [0, 0.05) is 28.9 Å². The molecule has 2 aliphatic carbocycles. The lowest BCUT2D eigenvalue weighted by atomic mass is 9.93. The highest BCUT2D eigenvalue weighted by Crippen LogP contribution is 2.48. The topological polar surface area (TPSA) is 217 Å². The normalized spacial score (nSPS) is 18.5. The number of nitrogens with zero attached hydrogens (tertiary/aromatic N) is 3. The number of aromatic nitrogens is 3. The molecule has 1 aromatic heterocycles. The predicted octanol–water partition coefficient (Wildman–Crippen LogP) is 3.03. The number of amides is 3. The van der Waals surface area contributed by atoms with Gasteiger partial charge >= 0.3 is 30.0 Å². The Morgan fingerprint density at radius 2 is 1.65 bits per heavy atom. The van der Waals surface area contributed by atoms with E-state index in [0.29, 0.717) is 49.2 Å². The maximum atomic E-state index is 12.9. The number of nitrogens with one attached hydrogen (secondary N) is 5. The van der Waals surface area contributed by atoms with Crippen molar-refractivity contribution in [3.63, 3.8) is 0 Å². The van der Waals surface area contributed by atoms with Crippen LogP contribution in [-0.2, 0) is 19.9 Å². The van der Waals surface area contributed by atoms with E-state index in [1.54, 1.807) is 12.1 Å². The highest BCUT2D eigenvalue weighted by Gasteiger charge is 2.45. The third-order valence-electron chi connectivity index (χ3n) is 8.14. The van der Waals surface area contributed by atoms with E-state index in [4.69, 9.17) is 16.3 Å². The van der Waals surface area contributed by atoms with Crippen LogP contribution in [0.15, 0.2) is 48.5 Å². The molecule has 0 aliphatic heterocycles. The van der Waals surface area contributed by atoms with Gasteiger partial charge in [-0.15, -0.1) is 0 Å². The standard InChI is InChI=1S/C32H34ClF3N8O7/c33-19-8-6-18(7-9-19)31(12-13-31)44-29-41-28(42-30(43-29)51-16-32(34,35)36)39-20-10-4-17(5-11-20)24(46)40-23(27(49)50)15-37-25(47)26(48)38-21-2-1-3-22(45)14-21/h4-11,21-23,45H,1-3,12-16H2,(H,37,47)(H,38,48)(H,40,46)(H,49,50)(H2,39,41,42,43,44)/t21?,22?,23-/m0/s1. The molecule has 0 spiro atoms. The summed E-state index contributed by atoms with van der Waals surface area (Å²) in [6.07, 6.45) is -1.65. The second-order valence-electron chi connectivity index (χ2n) is 12.2. The molecule has 1 heterocycles. The van der Waals surface area contributed by atoms with Crippen LogP contribution in [0.2, 0.25) is 5.02 Å². The lowest BCUT2D eigenvalue weighted by Gasteiger charge is -2.26. The number of aliphatic carboxylic acids is 1. The highest BCUT2D eigenvalue weighted by atomic mass is 35.5. The third kappa shape index (κ3) is 10.6. The van der Waals surface area contributed by atoms with Gasteiger partial charge in [-0.05, 0) is 80.5 Å². The molecule has 5 rings (SSSR count). The number of carboxylic acids is 1. The molecule has 2 saturated carbocycles. The summed E-state index contributed by atoms with van der Waals surface area (Å²) in [5, 5.41) is 32.8. The summed E-state index contributed by atoms with van der Waals surface area (Å²) in [6.45, 7) is -2.23. The van der Waals surface area contributed by atoms with Crippen molar-refractivity contribution in [1.82, 2.24) is 30.9 Å². The zero-order chi connectivity index (χ0) is 36.8. The van der Waals surface area contributed by atoms with Crippen molar-refractivity contribution in [3.05, 3.63) is 64.7 Å². The molecule has 272 valence electrons. The summed E-state index contributed by atoms with van der Waals surface area (Å²) in [6, 6.07) is 10.0. The predicted molar refractivity (Wildman–Crippen MR) is 175 cm³/mol. The Labute approximate surface area is 293 Å². The third-order valence-corrected chi connectivity index (χ3v) is 8.39. The number of alkyl halides is 3. The van der Waals surface area contributed by atoms with Gasteiger partial charge in [0.05, 0.1) is 11.6 Å². The quantitative estimate of drug-likeness (QED) is 0.126. The van der Waals surface area contributed by atoms with Crippen molar-refractivity contribution >= 4 is 52.9 Å². The fraction of sp³-hybridized carbons (Fsp3) is 0.406. The summed E-state index contributed by atoms with van der Waals surface area (Å²) >= 11 is 6.01. The van der Waals surface area contributed by atoms with Crippen LogP contribution in [0.25, 0.3) is 0 Å². The molecular weight excluding hydrogens is 701 g/mol. The molecule has 2 aliphatic rings. The molecule has 2 aromatic carbocycles. The molecule has 2 fully saturated rings. The maximum absolute atomic E-state index is 12.9. The number of anilines is 3. The van der Waals surface area contributed by atoms with E-state index in [9.17, 15) is 42.6 Å². The lowest BCUT2D eigenvalue weighted by Crippen LogP contribution is -2.52. The molecule has 3 atom stereocenters. The fourth-order valence-corrected chi connectivity index (χ4v) is 5.50. The summed E-state index contributed by atoms with van der Waals surface area (Å²) < 4.78 is 43.5. The van der Waals surface area contributed by atoms with Crippen molar-refractivity contribution < 1.29 is 47.3 Å². The number of aliphatic hydroxyl groups is 1. The fourth-order valence-electron chi connectivity index (χ4n) is 5.37. The van der Waals surface area contributed by atoms with Crippen molar-refractivity contribution in [2.45, 2.75) is 68.4 Å². The van der Waals surface area contributed by atoms with Crippen molar-refractivity contribution in [2.75, 3.05) is 23.8 Å². The minimum atomic E-state index is -4.65. The van der Waals surface area contributed by atoms with Crippen molar-refractivity contribution in [2.24, 2.45) is 0 Å². The van der Waals surface area contributed by atoms with Gasteiger partial charge in [0.25, 0.3) is 5.91 Å². The minimum absolute atomic E-state index is 0.0255. The van der Waals surface area contributed by atoms with E-state index in [-0.39, 0.29) is 23.5 Å². The number of carbonyl (C=O) groups excluding carboxylic acids is 3. The van der Waals surface area contributed by atoms with Crippen molar-refractivity contribution in [3.8, 4) is 6.01 Å². The first-order valence-corrected chi connectivity index (χ1v) is 16.2. The first kappa shape index (κ1) is 37.0. The average molecular weight is 735 g/mol. The van der Waals surface area contributed by atoms with Crippen molar-refractivity contribution in [1.29, 1.82) is 0 Å². The second-order valence-corrected chi connectivity index (χ2v) is 12.6. The zero-order valence-electron chi connectivity index (χ0n) is 26.8. The Morgan fingerprint density at radius 1 is 0.961 bits per heavy atom. The number of aliphatic hydroxyl groups excluding tert-OH is 1. The van der Waals surface area contributed by atoms with Gasteiger partial charge in [0.15, 0.2) is 6.61 Å². The first-order chi connectivity index (χ1) is 24.2. The van der Waals surface area contributed by atoms with Gasteiger partial charge in [0.2, 0.25) is 11.9 Å². The number of hydrogen-bond acceptors (Lipinski definition) is 11. The Kier molecular flexibility index (Phi) is 11.4. The van der Waals surface area contributed by atoms with Crippen LogP contribution in [0.5, 0.6) is 6.01 Å². The molecule has 3 aromatic rings. The number of carbonyl (C=O) groups is 4. The van der Waals surface area contributed by atoms with Gasteiger partial charge in [-0.25, -0.2) is 4.79 Å². The monoisotopic (exact) mass is 734 g/mol. The number of benzene rings is 2. The number of hydrogen-bond donors (Lipinski definition) is 7. The molecule has 19 heteroatoms. The SMILES string of the molecule is O=C(NC[C@H](NC(=O)c1ccc(Nc2nc(NC3(c4ccc(Cl)cc4)CC3)nc(OCC(F)(F)F)n2)cc1)C(=O)O)C(=O)NC1CCCC(O)C1. The second kappa shape index (κ2) is 15.8. The summed E-state index contributed by atoms with van der Waals surface area (Å²) in [7, 11) is 0. The molecule has 51 heavy (non-hydrogen) atoms. The Balaban J connectivity index is 1.21. The van der Waals surface area contributed by atoms with Crippen LogP contribution in [0.3, 0.4) is 0 Å². The van der Waals surface area contributed by atoms with E-state index in [0.717, 1.165) is 5.56 Å². The van der Waals surface area contributed by atoms with Gasteiger partial charge < -0.3 is 41.5 Å². The Bertz CT molecular complexity index is 1740. The van der Waals surface area contributed by atoms with Gasteiger partial charge in [0.1, 0.15) is 6.04 Å². The van der Waals surface area contributed by atoms with E-state index >= 15 is 0 Å². The first-order valence-electron chi connectivity index (χ1n) is 15.9. The van der Waals surface area contributed by atoms with E-state index in [1.807, 2.05) is 12.1 Å². The number of halogens is 4. The van der Waals surface area contributed by atoms with Crippen LogP contribution in [0.4, 0.5) is 30.8 Å². The van der Waals surface area contributed by atoms with Gasteiger partial charge in [-0.1, -0.05) is 23.7 Å². The van der Waals surface area contributed by atoms with E-state index in [1.165, 1.54) is 24.3 Å².